The van der Waals surface area contributed by atoms with Crippen molar-refractivity contribution < 1.29 is 4.79 Å². The number of thiophene rings is 1. The lowest BCUT2D eigenvalue weighted by Crippen LogP contribution is -2.38. The molecule has 1 aromatic carbocycles. The van der Waals surface area contributed by atoms with Crippen LogP contribution < -0.4 is 15.1 Å². The number of nitrogens with one attached hydrogen (secondary N) is 1. The second kappa shape index (κ2) is 8.89. The predicted octanol–water partition coefficient (Wildman–Crippen LogP) is 5.21. The highest BCUT2D eigenvalue weighted by Gasteiger charge is 2.26. The molecule has 0 saturated carbocycles. The Labute approximate surface area is 191 Å². The van der Waals surface area contributed by atoms with Gasteiger partial charge in [-0.05, 0) is 72.7 Å². The highest BCUT2D eigenvalue weighted by atomic mass is 35.5. The van der Waals surface area contributed by atoms with Crippen LogP contribution in [0, 0.1) is 5.92 Å². The number of aromatic nitrogens is 1. The van der Waals surface area contributed by atoms with E-state index in [0.29, 0.717) is 5.02 Å². The maximum atomic E-state index is 12.8. The smallest absolute Gasteiger partial charge is 0.227 e. The Morgan fingerprint density at radius 3 is 2.58 bits per heavy atom. The van der Waals surface area contributed by atoms with Crippen LogP contribution in [0.3, 0.4) is 0 Å². The lowest BCUT2D eigenvalue weighted by Gasteiger charge is -2.32. The maximum absolute atomic E-state index is 12.8. The summed E-state index contributed by atoms with van der Waals surface area (Å²) in [5, 5.41) is 5.93. The van der Waals surface area contributed by atoms with Crippen molar-refractivity contribution in [3.05, 3.63) is 69.5 Å². The third kappa shape index (κ3) is 4.55. The van der Waals surface area contributed by atoms with Crippen molar-refractivity contribution in [2.75, 3.05) is 34.8 Å². The number of amides is 1. The van der Waals surface area contributed by atoms with E-state index in [0.717, 1.165) is 56.9 Å². The summed E-state index contributed by atoms with van der Waals surface area (Å²) < 4.78 is 0. The molecule has 1 amide bonds. The molecule has 0 aliphatic carbocycles. The molecule has 0 unspecified atom stereocenters. The average molecular weight is 453 g/mol. The summed E-state index contributed by atoms with van der Waals surface area (Å²) in [5.74, 6) is 1.06. The molecule has 0 radical (unpaired) electrons. The van der Waals surface area contributed by atoms with E-state index in [9.17, 15) is 4.79 Å². The van der Waals surface area contributed by atoms with Crippen molar-refractivity contribution in [1.29, 1.82) is 0 Å². The lowest BCUT2D eigenvalue weighted by atomic mass is 9.95. The molecule has 0 bridgehead atoms. The Bertz CT molecular complexity index is 1040. The molecule has 3 aromatic rings. The molecule has 160 valence electrons. The van der Waals surface area contributed by atoms with Crippen molar-refractivity contribution in [3.8, 4) is 0 Å². The van der Waals surface area contributed by atoms with Gasteiger partial charge in [-0.15, -0.1) is 11.3 Å². The molecule has 7 heteroatoms. The molecule has 5 rings (SSSR count). The second-order valence-electron chi connectivity index (χ2n) is 8.17. The Morgan fingerprint density at radius 1 is 1.03 bits per heavy atom. The molecule has 0 atom stereocenters. The molecule has 2 aromatic heterocycles. The van der Waals surface area contributed by atoms with Crippen molar-refractivity contribution in [2.24, 2.45) is 5.92 Å². The van der Waals surface area contributed by atoms with E-state index in [1.165, 1.54) is 16.1 Å². The molecule has 2 aliphatic heterocycles. The summed E-state index contributed by atoms with van der Waals surface area (Å²) in [6.07, 6.45) is 4.42. The molecule has 1 fully saturated rings. The van der Waals surface area contributed by atoms with Crippen LogP contribution in [0.2, 0.25) is 5.02 Å². The SMILES string of the molecule is O=C(Nc1ccc(N2CCc3sccc3C2)cc1)C1CCN(c2ccc(Cl)cn2)CC1. The number of piperidine rings is 1. The summed E-state index contributed by atoms with van der Waals surface area (Å²) in [5.41, 5.74) is 3.51. The van der Waals surface area contributed by atoms with Crippen LogP contribution in [0.5, 0.6) is 0 Å². The van der Waals surface area contributed by atoms with E-state index in [1.54, 1.807) is 6.20 Å². The van der Waals surface area contributed by atoms with Crippen LogP contribution in [-0.2, 0) is 17.8 Å². The monoisotopic (exact) mass is 452 g/mol. The highest BCUT2D eigenvalue weighted by Crippen LogP contribution is 2.29. The number of carbonyl (C=O) groups is 1. The van der Waals surface area contributed by atoms with E-state index >= 15 is 0 Å². The minimum Gasteiger partial charge on any atom is -0.367 e. The maximum Gasteiger partial charge on any atom is 0.227 e. The van der Waals surface area contributed by atoms with Gasteiger partial charge >= 0.3 is 0 Å². The van der Waals surface area contributed by atoms with Gasteiger partial charge in [0.05, 0.1) is 5.02 Å². The Morgan fingerprint density at radius 2 is 1.84 bits per heavy atom. The van der Waals surface area contributed by atoms with Crippen LogP contribution >= 0.6 is 22.9 Å². The van der Waals surface area contributed by atoms with Gasteiger partial charge in [0.15, 0.2) is 0 Å². The fourth-order valence-corrected chi connectivity index (χ4v) is 5.40. The largest absolute Gasteiger partial charge is 0.367 e. The third-order valence-electron chi connectivity index (χ3n) is 6.21. The average Bonchev–Trinajstić information content (AvgIpc) is 3.28. The fraction of sp³-hybridized carbons (Fsp3) is 0.333. The summed E-state index contributed by atoms with van der Waals surface area (Å²) in [4.78, 5) is 23.3. The first kappa shape index (κ1) is 20.3. The van der Waals surface area contributed by atoms with Crippen LogP contribution in [0.15, 0.2) is 54.0 Å². The van der Waals surface area contributed by atoms with Gasteiger partial charge in [0.1, 0.15) is 5.82 Å². The number of pyridine rings is 1. The molecule has 1 saturated heterocycles. The zero-order valence-corrected chi connectivity index (χ0v) is 18.8. The Kier molecular flexibility index (Phi) is 5.83. The molecular formula is C24H25ClN4OS. The number of halogens is 1. The summed E-state index contributed by atoms with van der Waals surface area (Å²) in [7, 11) is 0. The Hall–Kier alpha value is -2.57. The standard InChI is InChI=1S/C24H25ClN4OS/c25-19-1-6-23(26-15-19)28-11-7-17(8-12-28)24(30)27-20-2-4-21(5-3-20)29-13-9-22-18(16-29)10-14-31-22/h1-6,10,14-15,17H,7-9,11-13,16H2,(H,27,30). The summed E-state index contributed by atoms with van der Waals surface area (Å²) in [6, 6.07) is 14.3. The summed E-state index contributed by atoms with van der Waals surface area (Å²) >= 11 is 7.78. The molecule has 5 nitrogen and oxygen atoms in total. The molecule has 4 heterocycles. The number of nitrogens with zero attached hydrogens (tertiary/aromatic N) is 3. The number of anilines is 3. The zero-order valence-electron chi connectivity index (χ0n) is 17.3. The van der Waals surface area contributed by atoms with Gasteiger partial charge in [0.25, 0.3) is 0 Å². The molecule has 0 spiro atoms. The van der Waals surface area contributed by atoms with Crippen LogP contribution in [-0.4, -0.2) is 30.5 Å². The van der Waals surface area contributed by atoms with E-state index in [2.05, 4.69) is 43.7 Å². The minimum absolute atomic E-state index is 0.0299. The van der Waals surface area contributed by atoms with Crippen molar-refractivity contribution in [1.82, 2.24) is 4.98 Å². The third-order valence-corrected chi connectivity index (χ3v) is 7.46. The highest BCUT2D eigenvalue weighted by molar-refractivity contribution is 7.10. The summed E-state index contributed by atoms with van der Waals surface area (Å²) in [6.45, 7) is 3.65. The van der Waals surface area contributed by atoms with Crippen molar-refractivity contribution in [2.45, 2.75) is 25.8 Å². The van der Waals surface area contributed by atoms with Crippen LogP contribution in [0.1, 0.15) is 23.3 Å². The van der Waals surface area contributed by atoms with E-state index in [1.807, 2.05) is 35.6 Å². The first-order valence-electron chi connectivity index (χ1n) is 10.7. The number of benzene rings is 1. The molecular weight excluding hydrogens is 428 g/mol. The lowest BCUT2D eigenvalue weighted by molar-refractivity contribution is -0.120. The van der Waals surface area contributed by atoms with E-state index in [4.69, 9.17) is 11.6 Å². The van der Waals surface area contributed by atoms with Crippen LogP contribution in [0.4, 0.5) is 17.2 Å². The number of hydrogen-bond donors (Lipinski definition) is 1. The van der Waals surface area contributed by atoms with Gasteiger partial charge in [-0.1, -0.05) is 11.6 Å². The van der Waals surface area contributed by atoms with Gasteiger partial charge in [-0.2, -0.15) is 0 Å². The molecule has 2 aliphatic rings. The van der Waals surface area contributed by atoms with E-state index in [-0.39, 0.29) is 11.8 Å². The molecule has 1 N–H and O–H groups in total. The van der Waals surface area contributed by atoms with E-state index < -0.39 is 0 Å². The second-order valence-corrected chi connectivity index (χ2v) is 9.61. The number of carbonyl (C=O) groups excluding carboxylic acids is 1. The number of rotatable bonds is 4. The van der Waals surface area contributed by atoms with Gasteiger partial charge in [0.2, 0.25) is 5.91 Å². The Balaban J connectivity index is 1.15. The number of fused-ring (bicyclic) bond motifs is 1. The van der Waals surface area contributed by atoms with Crippen molar-refractivity contribution >= 4 is 46.0 Å². The van der Waals surface area contributed by atoms with Gasteiger partial charge in [-0.3, -0.25) is 4.79 Å². The normalized spacial score (nSPS) is 16.8. The fourth-order valence-electron chi connectivity index (χ4n) is 4.39. The molecule has 31 heavy (non-hydrogen) atoms. The quantitative estimate of drug-likeness (QED) is 0.590. The van der Waals surface area contributed by atoms with Crippen LogP contribution in [0.25, 0.3) is 0 Å². The topological polar surface area (TPSA) is 48.5 Å². The first-order valence-corrected chi connectivity index (χ1v) is 12.0. The minimum atomic E-state index is 0.0299. The van der Waals surface area contributed by atoms with Gasteiger partial charge in [0, 0.05) is 54.5 Å². The zero-order chi connectivity index (χ0) is 21.2. The first-order chi connectivity index (χ1) is 15.2. The van der Waals surface area contributed by atoms with Gasteiger partial charge < -0.3 is 15.1 Å². The number of hydrogen-bond acceptors (Lipinski definition) is 5. The predicted molar refractivity (Wildman–Crippen MR) is 128 cm³/mol. The van der Waals surface area contributed by atoms with Gasteiger partial charge in [-0.25, -0.2) is 4.98 Å². The van der Waals surface area contributed by atoms with Crippen molar-refractivity contribution in [3.63, 3.8) is 0 Å².